The van der Waals surface area contributed by atoms with Gasteiger partial charge in [-0.25, -0.2) is 4.39 Å². The second-order valence-corrected chi connectivity index (χ2v) is 9.10. The molecule has 0 aromatic heterocycles. The summed E-state index contributed by atoms with van der Waals surface area (Å²) in [6, 6.07) is 15.9. The highest BCUT2D eigenvalue weighted by Crippen LogP contribution is 2.20. The van der Waals surface area contributed by atoms with Crippen LogP contribution < -0.4 is 5.32 Å². The molecule has 2 amide bonds. The lowest BCUT2D eigenvalue weighted by Crippen LogP contribution is -2.51. The van der Waals surface area contributed by atoms with E-state index in [1.54, 1.807) is 25.1 Å². The number of thioether (sulfide) groups is 1. The van der Waals surface area contributed by atoms with Gasteiger partial charge in [0.1, 0.15) is 11.9 Å². The number of hydrogen-bond acceptors (Lipinski definition) is 3. The molecule has 166 valence electrons. The first kappa shape index (κ1) is 23.3. The molecule has 31 heavy (non-hydrogen) atoms. The molecule has 4 nitrogen and oxygen atoms in total. The molecule has 2 aromatic rings. The van der Waals surface area contributed by atoms with Gasteiger partial charge in [0.15, 0.2) is 0 Å². The second-order valence-electron chi connectivity index (χ2n) is 8.11. The van der Waals surface area contributed by atoms with Gasteiger partial charge < -0.3 is 10.2 Å². The quantitative estimate of drug-likeness (QED) is 0.599. The fraction of sp³-hybridized carbons (Fsp3) is 0.440. The van der Waals surface area contributed by atoms with E-state index in [0.717, 1.165) is 31.2 Å². The minimum Gasteiger partial charge on any atom is -0.352 e. The Labute approximate surface area is 188 Å². The van der Waals surface area contributed by atoms with Gasteiger partial charge in [0, 0.05) is 23.9 Å². The van der Waals surface area contributed by atoms with Crippen LogP contribution in [0, 0.1) is 5.82 Å². The summed E-state index contributed by atoms with van der Waals surface area (Å²) in [4.78, 5) is 27.5. The number of hydrogen-bond donors (Lipinski definition) is 1. The summed E-state index contributed by atoms with van der Waals surface area (Å²) in [5.74, 6) is 0.268. The molecule has 1 saturated carbocycles. The summed E-state index contributed by atoms with van der Waals surface area (Å²) in [6.45, 7) is 1.81. The number of halogens is 1. The van der Waals surface area contributed by atoms with Gasteiger partial charge >= 0.3 is 0 Å². The SMILES string of the molecule is C[C@H](C(=O)NC1CCCCC1)N(Cc1ccccc1F)C(=O)CSCc1ccccc1. The molecule has 1 fully saturated rings. The summed E-state index contributed by atoms with van der Waals surface area (Å²) in [5.41, 5.74) is 1.56. The van der Waals surface area contributed by atoms with E-state index in [0.29, 0.717) is 11.3 Å². The van der Waals surface area contributed by atoms with Crippen molar-refractivity contribution in [2.75, 3.05) is 5.75 Å². The number of amides is 2. The lowest BCUT2D eigenvalue weighted by Gasteiger charge is -2.31. The molecule has 1 atom stereocenters. The van der Waals surface area contributed by atoms with Crippen LogP contribution >= 0.6 is 11.8 Å². The number of rotatable bonds is 9. The van der Waals surface area contributed by atoms with E-state index >= 15 is 0 Å². The largest absolute Gasteiger partial charge is 0.352 e. The molecule has 0 bridgehead atoms. The van der Waals surface area contributed by atoms with E-state index in [-0.39, 0.29) is 36.0 Å². The summed E-state index contributed by atoms with van der Waals surface area (Å²) < 4.78 is 14.3. The zero-order valence-corrected chi connectivity index (χ0v) is 18.9. The molecule has 0 unspecified atom stereocenters. The lowest BCUT2D eigenvalue weighted by molar-refractivity contribution is -0.139. The van der Waals surface area contributed by atoms with Crippen molar-refractivity contribution >= 4 is 23.6 Å². The number of carbonyl (C=O) groups excluding carboxylic acids is 2. The van der Waals surface area contributed by atoms with Crippen molar-refractivity contribution in [3.05, 3.63) is 71.5 Å². The smallest absolute Gasteiger partial charge is 0.242 e. The fourth-order valence-electron chi connectivity index (χ4n) is 3.87. The Bertz CT molecular complexity index is 856. The molecule has 1 N–H and O–H groups in total. The van der Waals surface area contributed by atoms with Crippen LogP contribution in [0.1, 0.15) is 50.2 Å². The predicted molar refractivity (Wildman–Crippen MR) is 124 cm³/mol. The van der Waals surface area contributed by atoms with Crippen LogP contribution in [0.4, 0.5) is 4.39 Å². The van der Waals surface area contributed by atoms with Crippen molar-refractivity contribution in [3.8, 4) is 0 Å². The summed E-state index contributed by atoms with van der Waals surface area (Å²) >= 11 is 1.51. The van der Waals surface area contributed by atoms with Gasteiger partial charge in [-0.05, 0) is 31.4 Å². The van der Waals surface area contributed by atoms with E-state index in [4.69, 9.17) is 0 Å². The maximum absolute atomic E-state index is 14.3. The molecule has 3 rings (SSSR count). The van der Waals surface area contributed by atoms with E-state index in [9.17, 15) is 14.0 Å². The third kappa shape index (κ3) is 7.10. The van der Waals surface area contributed by atoms with Crippen molar-refractivity contribution in [1.82, 2.24) is 10.2 Å². The third-order valence-corrected chi connectivity index (χ3v) is 6.74. The molecule has 0 spiro atoms. The summed E-state index contributed by atoms with van der Waals surface area (Å²) in [6.07, 6.45) is 5.40. The van der Waals surface area contributed by atoms with Crippen LogP contribution in [0.15, 0.2) is 54.6 Å². The molecular weight excluding hydrogens is 411 g/mol. The van der Waals surface area contributed by atoms with Crippen LogP contribution in [0.5, 0.6) is 0 Å². The van der Waals surface area contributed by atoms with Gasteiger partial charge in [0.05, 0.1) is 5.75 Å². The Morgan fingerprint density at radius 3 is 2.45 bits per heavy atom. The zero-order valence-electron chi connectivity index (χ0n) is 18.1. The Balaban J connectivity index is 1.66. The molecule has 0 radical (unpaired) electrons. The summed E-state index contributed by atoms with van der Waals surface area (Å²) in [5, 5.41) is 3.10. The van der Waals surface area contributed by atoms with Crippen LogP contribution in [-0.2, 0) is 21.9 Å². The van der Waals surface area contributed by atoms with E-state index in [2.05, 4.69) is 5.32 Å². The van der Waals surface area contributed by atoms with Gasteiger partial charge in [0.2, 0.25) is 11.8 Å². The third-order valence-electron chi connectivity index (χ3n) is 5.75. The van der Waals surface area contributed by atoms with Gasteiger partial charge in [-0.1, -0.05) is 67.8 Å². The van der Waals surface area contributed by atoms with Crippen LogP contribution in [-0.4, -0.2) is 34.6 Å². The van der Waals surface area contributed by atoms with Crippen molar-refractivity contribution < 1.29 is 14.0 Å². The fourth-order valence-corrected chi connectivity index (χ4v) is 4.75. The van der Waals surface area contributed by atoms with Crippen LogP contribution in [0.25, 0.3) is 0 Å². The van der Waals surface area contributed by atoms with Crippen molar-refractivity contribution in [3.63, 3.8) is 0 Å². The second kappa shape index (κ2) is 11.9. The minimum absolute atomic E-state index is 0.0800. The summed E-state index contributed by atoms with van der Waals surface area (Å²) in [7, 11) is 0. The minimum atomic E-state index is -0.661. The van der Waals surface area contributed by atoms with Gasteiger partial charge in [-0.3, -0.25) is 9.59 Å². The molecule has 6 heteroatoms. The molecule has 0 saturated heterocycles. The number of benzene rings is 2. The van der Waals surface area contributed by atoms with Crippen molar-refractivity contribution in [2.45, 2.75) is 63.4 Å². The van der Waals surface area contributed by atoms with Crippen LogP contribution in [0.3, 0.4) is 0 Å². The number of nitrogens with zero attached hydrogens (tertiary/aromatic N) is 1. The first-order valence-electron chi connectivity index (χ1n) is 11.0. The van der Waals surface area contributed by atoms with Crippen LogP contribution in [0.2, 0.25) is 0 Å². The van der Waals surface area contributed by atoms with Gasteiger partial charge in [-0.2, -0.15) is 0 Å². The Morgan fingerprint density at radius 2 is 1.74 bits per heavy atom. The molecule has 1 aliphatic carbocycles. The first-order chi connectivity index (χ1) is 15.0. The highest BCUT2D eigenvalue weighted by atomic mass is 32.2. The Kier molecular flexibility index (Phi) is 8.95. The highest BCUT2D eigenvalue weighted by Gasteiger charge is 2.28. The predicted octanol–water partition coefficient (Wildman–Crippen LogP) is 4.93. The first-order valence-corrected chi connectivity index (χ1v) is 12.1. The van der Waals surface area contributed by atoms with Crippen molar-refractivity contribution in [2.24, 2.45) is 0 Å². The van der Waals surface area contributed by atoms with Crippen molar-refractivity contribution in [1.29, 1.82) is 0 Å². The normalized spacial score (nSPS) is 15.3. The maximum Gasteiger partial charge on any atom is 0.242 e. The molecule has 1 aliphatic rings. The highest BCUT2D eigenvalue weighted by molar-refractivity contribution is 7.99. The van der Waals surface area contributed by atoms with E-state index in [1.807, 2.05) is 30.3 Å². The molecule has 0 heterocycles. The average Bonchev–Trinajstić information content (AvgIpc) is 2.79. The average molecular weight is 443 g/mol. The molecule has 2 aromatic carbocycles. The monoisotopic (exact) mass is 442 g/mol. The van der Waals surface area contributed by atoms with E-state index < -0.39 is 6.04 Å². The number of carbonyl (C=O) groups is 2. The molecule has 0 aliphatic heterocycles. The Morgan fingerprint density at radius 1 is 1.06 bits per heavy atom. The lowest BCUT2D eigenvalue weighted by atomic mass is 9.95. The molecular formula is C25H31FN2O2S. The maximum atomic E-state index is 14.3. The van der Waals surface area contributed by atoms with Gasteiger partial charge in [0.25, 0.3) is 0 Å². The zero-order chi connectivity index (χ0) is 22.1. The number of nitrogens with one attached hydrogen (secondary N) is 1. The topological polar surface area (TPSA) is 49.4 Å². The van der Waals surface area contributed by atoms with Gasteiger partial charge in [-0.15, -0.1) is 11.8 Å². The van der Waals surface area contributed by atoms with E-state index in [1.165, 1.54) is 29.1 Å². The standard InChI is InChI=1S/C25H31FN2O2S/c1-19(25(30)27-22-13-6-3-7-14-22)28(16-21-12-8-9-15-23(21)26)24(29)18-31-17-20-10-4-2-5-11-20/h2,4-5,8-12,15,19,22H,3,6-7,13-14,16-18H2,1H3,(H,27,30)/t19-/m1/s1. The Hall–Kier alpha value is -2.34.